The lowest BCUT2D eigenvalue weighted by Gasteiger charge is -2.26. The van der Waals surface area contributed by atoms with Crippen LogP contribution in [0, 0.1) is 0 Å². The van der Waals surface area contributed by atoms with Gasteiger partial charge < -0.3 is 14.2 Å². The van der Waals surface area contributed by atoms with E-state index in [1.165, 1.54) is 11.3 Å². The van der Waals surface area contributed by atoms with E-state index in [1.54, 1.807) is 69.1 Å². The second-order valence-corrected chi connectivity index (χ2v) is 9.65. The molecule has 4 rings (SSSR count). The van der Waals surface area contributed by atoms with E-state index in [2.05, 4.69) is 4.99 Å². The maximum absolute atomic E-state index is 13.6. The van der Waals surface area contributed by atoms with Crippen LogP contribution in [-0.2, 0) is 9.53 Å². The molecule has 3 heterocycles. The van der Waals surface area contributed by atoms with E-state index in [4.69, 9.17) is 14.2 Å². The smallest absolute Gasteiger partial charge is 0.338 e. The molecule has 1 aromatic carbocycles. The van der Waals surface area contributed by atoms with Crippen molar-refractivity contribution < 1.29 is 19.0 Å². The van der Waals surface area contributed by atoms with Gasteiger partial charge in [-0.25, -0.2) is 9.79 Å². The van der Waals surface area contributed by atoms with Gasteiger partial charge in [0, 0.05) is 10.4 Å². The molecule has 1 atom stereocenters. The van der Waals surface area contributed by atoms with Gasteiger partial charge >= 0.3 is 5.97 Å². The molecule has 0 radical (unpaired) electrons. The zero-order chi connectivity index (χ0) is 23.7. The number of ether oxygens (including phenoxy) is 3. The lowest BCUT2D eigenvalue weighted by Crippen LogP contribution is -2.40. The van der Waals surface area contributed by atoms with Crippen LogP contribution >= 0.6 is 22.7 Å². The summed E-state index contributed by atoms with van der Waals surface area (Å²) in [5.74, 6) is 0.588. The number of thiazole rings is 1. The molecule has 0 saturated carbocycles. The number of nitrogens with zero attached hydrogens (tertiary/aromatic N) is 2. The van der Waals surface area contributed by atoms with Gasteiger partial charge in [-0.15, -0.1) is 11.3 Å². The number of aromatic nitrogens is 1. The van der Waals surface area contributed by atoms with Gasteiger partial charge in [-0.3, -0.25) is 9.36 Å². The molecule has 0 unspecified atom stereocenters. The Morgan fingerprint density at radius 2 is 2.00 bits per heavy atom. The summed E-state index contributed by atoms with van der Waals surface area (Å²) in [6.07, 6.45) is 1.52. The van der Waals surface area contributed by atoms with Gasteiger partial charge in [0.15, 0.2) is 4.80 Å². The topological polar surface area (TPSA) is 79.1 Å². The minimum absolute atomic E-state index is 0.232. The summed E-state index contributed by atoms with van der Waals surface area (Å²) >= 11 is 2.83. The maximum atomic E-state index is 13.6. The quantitative estimate of drug-likeness (QED) is 0.502. The highest BCUT2D eigenvalue weighted by Crippen LogP contribution is 2.38. The average molecular weight is 485 g/mol. The fraction of sp³-hybridized carbons (Fsp3) is 0.292. The molecular weight excluding hydrogens is 460 g/mol. The second-order valence-electron chi connectivity index (χ2n) is 7.66. The van der Waals surface area contributed by atoms with Crippen molar-refractivity contribution in [3.8, 4) is 11.5 Å². The first kappa shape index (κ1) is 23.0. The maximum Gasteiger partial charge on any atom is 0.338 e. The number of esters is 1. The van der Waals surface area contributed by atoms with Gasteiger partial charge in [0.25, 0.3) is 5.56 Å². The molecule has 172 valence electrons. The number of carbonyl (C=O) groups excluding carboxylic acids is 1. The number of hydrogen-bond donors (Lipinski definition) is 0. The number of rotatable bonds is 6. The van der Waals surface area contributed by atoms with Gasteiger partial charge in [-0.2, -0.15) is 0 Å². The number of carbonyl (C=O) groups is 1. The molecule has 0 fully saturated rings. The third-order valence-corrected chi connectivity index (χ3v) is 6.93. The minimum atomic E-state index is -0.775. The van der Waals surface area contributed by atoms with E-state index in [0.717, 1.165) is 4.88 Å². The van der Waals surface area contributed by atoms with Crippen molar-refractivity contribution in [2.24, 2.45) is 4.99 Å². The standard InChI is InChI=1S/C24H24N2O5S2/c1-13(2)31-23(28)20-14(3)25-24-26(22(27)19(33-24)12-16-7-6-10-32-16)21(20)17-11-15(29-4)8-9-18(17)30-5/h6-13,21H,1-5H3/b19-12-/t21-/m1/s1. The van der Waals surface area contributed by atoms with Crippen molar-refractivity contribution in [2.75, 3.05) is 14.2 Å². The molecule has 0 N–H and O–H groups in total. The summed E-state index contributed by atoms with van der Waals surface area (Å²) in [7, 11) is 3.11. The molecule has 0 spiro atoms. The van der Waals surface area contributed by atoms with Crippen molar-refractivity contribution in [1.29, 1.82) is 0 Å². The Hall–Kier alpha value is -3.17. The number of thiophene rings is 1. The summed E-state index contributed by atoms with van der Waals surface area (Å²) in [5, 5.41) is 1.96. The van der Waals surface area contributed by atoms with E-state index in [9.17, 15) is 9.59 Å². The van der Waals surface area contributed by atoms with Gasteiger partial charge in [0.1, 0.15) is 17.5 Å². The minimum Gasteiger partial charge on any atom is -0.497 e. The Balaban J connectivity index is 2.02. The van der Waals surface area contributed by atoms with Crippen LogP contribution in [0.25, 0.3) is 6.08 Å². The van der Waals surface area contributed by atoms with E-state index in [-0.39, 0.29) is 11.7 Å². The van der Waals surface area contributed by atoms with Crippen LogP contribution in [0.4, 0.5) is 0 Å². The van der Waals surface area contributed by atoms with E-state index < -0.39 is 12.0 Å². The van der Waals surface area contributed by atoms with Gasteiger partial charge in [-0.05, 0) is 56.5 Å². The van der Waals surface area contributed by atoms with Crippen LogP contribution in [0.5, 0.6) is 11.5 Å². The Morgan fingerprint density at radius 3 is 2.64 bits per heavy atom. The number of allylic oxidation sites excluding steroid dienone is 1. The average Bonchev–Trinajstić information content (AvgIpc) is 3.40. The molecule has 0 bridgehead atoms. The largest absolute Gasteiger partial charge is 0.497 e. The van der Waals surface area contributed by atoms with Gasteiger partial charge in [0.05, 0.1) is 36.1 Å². The second kappa shape index (κ2) is 9.36. The number of benzene rings is 1. The third-order valence-electron chi connectivity index (χ3n) is 5.13. The first-order valence-corrected chi connectivity index (χ1v) is 12.0. The molecule has 33 heavy (non-hydrogen) atoms. The zero-order valence-corrected chi connectivity index (χ0v) is 20.6. The van der Waals surface area contributed by atoms with Crippen molar-refractivity contribution in [1.82, 2.24) is 4.57 Å². The highest BCUT2D eigenvalue weighted by Gasteiger charge is 2.35. The summed E-state index contributed by atoms with van der Waals surface area (Å²) in [4.78, 5) is 32.9. The summed E-state index contributed by atoms with van der Waals surface area (Å²) in [5.41, 5.74) is 1.18. The Labute approximate surface area is 198 Å². The highest BCUT2D eigenvalue weighted by atomic mass is 32.1. The van der Waals surface area contributed by atoms with Crippen molar-refractivity contribution in [3.63, 3.8) is 0 Å². The molecule has 0 aliphatic carbocycles. The van der Waals surface area contributed by atoms with Crippen molar-refractivity contribution >= 4 is 34.7 Å². The number of hydrogen-bond acceptors (Lipinski definition) is 8. The lowest BCUT2D eigenvalue weighted by molar-refractivity contribution is -0.143. The van der Waals surface area contributed by atoms with E-state index in [1.807, 2.05) is 23.6 Å². The predicted octanol–water partition coefficient (Wildman–Crippen LogP) is 3.27. The van der Waals surface area contributed by atoms with Crippen LogP contribution < -0.4 is 24.4 Å². The fourth-order valence-corrected chi connectivity index (χ4v) is 5.48. The van der Waals surface area contributed by atoms with Crippen LogP contribution in [0.2, 0.25) is 0 Å². The molecule has 1 aliphatic heterocycles. The van der Waals surface area contributed by atoms with Gasteiger partial charge in [0.2, 0.25) is 0 Å². The number of fused-ring (bicyclic) bond motifs is 1. The zero-order valence-electron chi connectivity index (χ0n) is 18.9. The molecule has 0 saturated heterocycles. The number of methoxy groups -OCH3 is 2. The monoisotopic (exact) mass is 484 g/mol. The highest BCUT2D eigenvalue weighted by molar-refractivity contribution is 7.11. The van der Waals surface area contributed by atoms with Crippen LogP contribution in [0.3, 0.4) is 0 Å². The van der Waals surface area contributed by atoms with Crippen molar-refractivity contribution in [2.45, 2.75) is 32.9 Å². The SMILES string of the molecule is COc1ccc(OC)c([C@@H]2C(C(=O)OC(C)C)=C(C)N=c3s/c(=C\c4cccs4)c(=O)n32)c1. The molecule has 0 amide bonds. The third kappa shape index (κ3) is 4.38. The molecule has 2 aromatic heterocycles. The summed E-state index contributed by atoms with van der Waals surface area (Å²) < 4.78 is 18.7. The van der Waals surface area contributed by atoms with Crippen LogP contribution in [-0.4, -0.2) is 30.9 Å². The Morgan fingerprint density at radius 1 is 1.21 bits per heavy atom. The molecular formula is C24H24N2O5S2. The first-order chi connectivity index (χ1) is 15.8. The van der Waals surface area contributed by atoms with Gasteiger partial charge in [-0.1, -0.05) is 17.4 Å². The van der Waals surface area contributed by atoms with Crippen molar-refractivity contribution in [3.05, 3.63) is 77.1 Å². The molecule has 1 aliphatic rings. The Bertz CT molecular complexity index is 1400. The predicted molar refractivity (Wildman–Crippen MR) is 129 cm³/mol. The van der Waals surface area contributed by atoms with Crippen LogP contribution in [0.1, 0.15) is 37.3 Å². The van der Waals surface area contributed by atoms with Crippen LogP contribution in [0.15, 0.2) is 56.8 Å². The lowest BCUT2D eigenvalue weighted by atomic mass is 9.94. The Kier molecular flexibility index (Phi) is 6.53. The summed E-state index contributed by atoms with van der Waals surface area (Å²) in [6, 6.07) is 8.41. The fourth-order valence-electron chi connectivity index (χ4n) is 3.71. The van der Waals surface area contributed by atoms with E-state index in [0.29, 0.717) is 37.7 Å². The molecule has 3 aromatic rings. The summed E-state index contributed by atoms with van der Waals surface area (Å²) in [6.45, 7) is 5.32. The first-order valence-electron chi connectivity index (χ1n) is 10.3. The van der Waals surface area contributed by atoms with E-state index >= 15 is 0 Å². The normalized spacial score (nSPS) is 15.9. The molecule has 9 heteroatoms. The molecule has 7 nitrogen and oxygen atoms in total.